The predicted molar refractivity (Wildman–Crippen MR) is 119 cm³/mol. The van der Waals surface area contributed by atoms with Crippen LogP contribution >= 0.6 is 0 Å². The lowest BCUT2D eigenvalue weighted by atomic mass is 10.0. The summed E-state index contributed by atoms with van der Waals surface area (Å²) in [6.45, 7) is 2.43. The fourth-order valence-corrected chi connectivity index (χ4v) is 3.64. The highest BCUT2D eigenvalue weighted by molar-refractivity contribution is 5.95. The quantitative estimate of drug-likeness (QED) is 0.368. The van der Waals surface area contributed by atoms with Crippen molar-refractivity contribution in [2.75, 3.05) is 0 Å². The van der Waals surface area contributed by atoms with Crippen LogP contribution in [0.15, 0.2) is 97.3 Å². The van der Waals surface area contributed by atoms with E-state index in [0.29, 0.717) is 40.0 Å². The number of ether oxygens (including phenoxy) is 1. The van der Waals surface area contributed by atoms with E-state index in [4.69, 9.17) is 13.6 Å². The minimum atomic E-state index is -0.550. The van der Waals surface area contributed by atoms with Gasteiger partial charge in [-0.3, -0.25) is 0 Å². The Bertz CT molecular complexity index is 1540. The number of fused-ring (bicyclic) bond motifs is 2. The number of rotatable bonds is 4. The van der Waals surface area contributed by atoms with E-state index < -0.39 is 11.3 Å². The Kier molecular flexibility index (Phi) is 4.64. The summed E-state index contributed by atoms with van der Waals surface area (Å²) in [5.41, 5.74) is 2.78. The Balaban J connectivity index is 1.58. The number of hydrogen-bond acceptors (Lipinski definition) is 5. The van der Waals surface area contributed by atoms with Crippen LogP contribution < -0.4 is 16.0 Å². The van der Waals surface area contributed by atoms with Crippen LogP contribution in [-0.2, 0) is 6.61 Å². The SMILES string of the molecule is Cc1ccccc1COc1ccc2c(-c3cc4ccccc4oc3=O)cc(=O)oc2c1. The van der Waals surface area contributed by atoms with Crippen molar-refractivity contribution in [1.29, 1.82) is 0 Å². The van der Waals surface area contributed by atoms with Crippen molar-refractivity contribution in [3.8, 4) is 16.9 Å². The lowest BCUT2D eigenvalue weighted by molar-refractivity contribution is 0.305. The minimum Gasteiger partial charge on any atom is -0.489 e. The molecule has 5 nitrogen and oxygen atoms in total. The molecule has 31 heavy (non-hydrogen) atoms. The van der Waals surface area contributed by atoms with Crippen molar-refractivity contribution in [3.63, 3.8) is 0 Å². The Morgan fingerprint density at radius 3 is 2.45 bits per heavy atom. The fraction of sp³-hybridized carbons (Fsp3) is 0.0769. The molecule has 0 bridgehead atoms. The van der Waals surface area contributed by atoms with Crippen molar-refractivity contribution in [3.05, 3.63) is 111 Å². The Morgan fingerprint density at radius 2 is 1.58 bits per heavy atom. The average molecular weight is 410 g/mol. The predicted octanol–water partition coefficient (Wildman–Crippen LogP) is 5.45. The molecule has 0 fully saturated rings. The van der Waals surface area contributed by atoms with Gasteiger partial charge in [0, 0.05) is 28.5 Å². The third-order valence-electron chi connectivity index (χ3n) is 5.30. The van der Waals surface area contributed by atoms with Gasteiger partial charge in [-0.2, -0.15) is 0 Å². The van der Waals surface area contributed by atoms with Crippen LogP contribution in [0.25, 0.3) is 33.1 Å². The molecule has 0 saturated carbocycles. The van der Waals surface area contributed by atoms with E-state index in [-0.39, 0.29) is 0 Å². The van der Waals surface area contributed by atoms with E-state index in [1.54, 1.807) is 36.4 Å². The van der Waals surface area contributed by atoms with Gasteiger partial charge in [0.25, 0.3) is 0 Å². The average Bonchev–Trinajstić information content (AvgIpc) is 2.77. The summed E-state index contributed by atoms with van der Waals surface area (Å²) >= 11 is 0. The maximum absolute atomic E-state index is 12.6. The van der Waals surface area contributed by atoms with Gasteiger partial charge in [0.05, 0.1) is 5.56 Å². The highest BCUT2D eigenvalue weighted by Gasteiger charge is 2.14. The van der Waals surface area contributed by atoms with E-state index in [1.165, 1.54) is 6.07 Å². The van der Waals surface area contributed by atoms with E-state index >= 15 is 0 Å². The van der Waals surface area contributed by atoms with Gasteiger partial charge >= 0.3 is 11.3 Å². The van der Waals surface area contributed by atoms with Crippen LogP contribution in [0, 0.1) is 6.92 Å². The summed E-state index contributed by atoms with van der Waals surface area (Å²) in [6.07, 6.45) is 0. The summed E-state index contributed by atoms with van der Waals surface area (Å²) in [5, 5.41) is 1.40. The van der Waals surface area contributed by atoms with E-state index in [2.05, 4.69) is 0 Å². The zero-order valence-electron chi connectivity index (χ0n) is 16.8. The summed E-state index contributed by atoms with van der Waals surface area (Å²) in [6, 6.07) is 23.5. The second-order valence-electron chi connectivity index (χ2n) is 7.34. The molecule has 0 amide bonds. The molecule has 2 heterocycles. The van der Waals surface area contributed by atoms with Crippen LogP contribution in [0.2, 0.25) is 0 Å². The largest absolute Gasteiger partial charge is 0.489 e. The van der Waals surface area contributed by atoms with Crippen LogP contribution in [0.5, 0.6) is 5.75 Å². The molecule has 0 radical (unpaired) electrons. The standard InChI is InChI=1S/C26H18O5/c1-16-6-2-3-8-18(16)15-29-19-10-11-20-21(14-25(27)30-24(20)13-19)22-12-17-7-4-5-9-23(17)31-26(22)28/h2-14H,15H2,1H3. The molecule has 5 aromatic rings. The molecule has 3 aromatic carbocycles. The molecule has 5 rings (SSSR count). The smallest absolute Gasteiger partial charge is 0.344 e. The molecule has 152 valence electrons. The third kappa shape index (κ3) is 3.62. The zero-order valence-corrected chi connectivity index (χ0v) is 16.8. The van der Waals surface area contributed by atoms with Crippen LogP contribution in [-0.4, -0.2) is 0 Å². The molecular formula is C26H18O5. The summed E-state index contributed by atoms with van der Waals surface area (Å²) < 4.78 is 16.8. The molecule has 0 spiro atoms. The molecule has 0 aliphatic rings. The zero-order chi connectivity index (χ0) is 21.4. The Hall–Kier alpha value is -4.12. The number of aryl methyl sites for hydroxylation is 1. The van der Waals surface area contributed by atoms with E-state index in [9.17, 15) is 9.59 Å². The molecule has 2 aromatic heterocycles. The van der Waals surface area contributed by atoms with Crippen molar-refractivity contribution < 1.29 is 13.6 Å². The van der Waals surface area contributed by atoms with Gasteiger partial charge in [0.2, 0.25) is 0 Å². The van der Waals surface area contributed by atoms with Crippen LogP contribution in [0.3, 0.4) is 0 Å². The first-order chi connectivity index (χ1) is 15.1. The lowest BCUT2D eigenvalue weighted by Crippen LogP contribution is -2.06. The first kappa shape index (κ1) is 18.9. The van der Waals surface area contributed by atoms with Crippen LogP contribution in [0.1, 0.15) is 11.1 Å². The van der Waals surface area contributed by atoms with Gasteiger partial charge < -0.3 is 13.6 Å². The van der Waals surface area contributed by atoms with Gasteiger partial charge in [-0.15, -0.1) is 0 Å². The van der Waals surface area contributed by atoms with Crippen molar-refractivity contribution in [1.82, 2.24) is 0 Å². The molecule has 0 saturated heterocycles. The van der Waals surface area contributed by atoms with Crippen molar-refractivity contribution >= 4 is 21.9 Å². The number of benzene rings is 3. The molecule has 0 atom stereocenters. The second-order valence-corrected chi connectivity index (χ2v) is 7.34. The summed E-state index contributed by atoms with van der Waals surface area (Å²) in [7, 11) is 0. The summed E-state index contributed by atoms with van der Waals surface area (Å²) in [4.78, 5) is 24.9. The van der Waals surface area contributed by atoms with Gasteiger partial charge in [-0.05, 0) is 42.3 Å². The maximum atomic E-state index is 12.6. The maximum Gasteiger partial charge on any atom is 0.344 e. The highest BCUT2D eigenvalue weighted by atomic mass is 16.5. The monoisotopic (exact) mass is 410 g/mol. The lowest BCUT2D eigenvalue weighted by Gasteiger charge is -2.10. The molecule has 0 unspecified atom stereocenters. The van der Waals surface area contributed by atoms with Crippen molar-refractivity contribution in [2.24, 2.45) is 0 Å². The topological polar surface area (TPSA) is 69.7 Å². The number of para-hydroxylation sites is 1. The Morgan fingerprint density at radius 1 is 0.774 bits per heavy atom. The van der Waals surface area contributed by atoms with Crippen molar-refractivity contribution in [2.45, 2.75) is 13.5 Å². The number of hydrogen-bond donors (Lipinski definition) is 0. The highest BCUT2D eigenvalue weighted by Crippen LogP contribution is 2.30. The van der Waals surface area contributed by atoms with Gasteiger partial charge in [-0.25, -0.2) is 9.59 Å². The molecule has 0 N–H and O–H groups in total. The first-order valence-corrected chi connectivity index (χ1v) is 9.87. The van der Waals surface area contributed by atoms with E-state index in [1.807, 2.05) is 43.3 Å². The fourth-order valence-electron chi connectivity index (χ4n) is 3.64. The first-order valence-electron chi connectivity index (χ1n) is 9.87. The second kappa shape index (κ2) is 7.61. The Labute approximate surface area is 177 Å². The molecule has 0 aliphatic heterocycles. The molecule has 5 heteroatoms. The summed E-state index contributed by atoms with van der Waals surface area (Å²) in [5.74, 6) is 0.571. The van der Waals surface area contributed by atoms with Crippen LogP contribution in [0.4, 0.5) is 0 Å². The normalized spacial score (nSPS) is 11.1. The van der Waals surface area contributed by atoms with Gasteiger partial charge in [-0.1, -0.05) is 42.5 Å². The molecule has 0 aliphatic carbocycles. The molecular weight excluding hydrogens is 392 g/mol. The van der Waals surface area contributed by atoms with Gasteiger partial charge in [0.1, 0.15) is 23.5 Å². The van der Waals surface area contributed by atoms with Gasteiger partial charge in [0.15, 0.2) is 0 Å². The third-order valence-corrected chi connectivity index (χ3v) is 5.30. The van der Waals surface area contributed by atoms with E-state index in [0.717, 1.165) is 16.5 Å². The minimum absolute atomic E-state index is 0.310.